The van der Waals surface area contributed by atoms with Gasteiger partial charge in [0.2, 0.25) is 15.3 Å². The van der Waals surface area contributed by atoms with Gasteiger partial charge < -0.3 is 0 Å². The first kappa shape index (κ1) is 15.5. The molecule has 1 aliphatic rings. The molecule has 0 amide bonds. The summed E-state index contributed by atoms with van der Waals surface area (Å²) in [5.41, 5.74) is 0. The number of hydrogen-bond acceptors (Lipinski definition) is 4. The summed E-state index contributed by atoms with van der Waals surface area (Å²) in [4.78, 5) is 6.81. The Labute approximate surface area is 118 Å². The Balaban J connectivity index is 2.23. The molecule has 0 bridgehead atoms. The summed E-state index contributed by atoms with van der Waals surface area (Å²) in [6, 6.07) is 0. The highest BCUT2D eigenvalue weighted by Gasteiger charge is 2.44. The highest BCUT2D eigenvalue weighted by Crippen LogP contribution is 2.34. The molecule has 1 saturated heterocycles. The van der Waals surface area contributed by atoms with Crippen molar-refractivity contribution in [2.45, 2.75) is 23.9 Å². The van der Waals surface area contributed by atoms with E-state index in [1.54, 1.807) is 0 Å². The second kappa shape index (κ2) is 5.45. The van der Waals surface area contributed by atoms with Gasteiger partial charge >= 0.3 is 6.18 Å². The van der Waals surface area contributed by atoms with Crippen LogP contribution >= 0.6 is 11.6 Å². The zero-order valence-electron chi connectivity index (χ0n) is 10.1. The van der Waals surface area contributed by atoms with Gasteiger partial charge in [0.1, 0.15) is 4.90 Å². The molecule has 112 valence electrons. The summed E-state index contributed by atoms with van der Waals surface area (Å²) in [6.45, 7) is -0.522. The van der Waals surface area contributed by atoms with Gasteiger partial charge in [-0.15, -0.1) is 0 Å². The Hall–Kier alpha value is -0.930. The van der Waals surface area contributed by atoms with E-state index < -0.39 is 28.7 Å². The van der Waals surface area contributed by atoms with Gasteiger partial charge in [0.15, 0.2) is 0 Å². The first-order chi connectivity index (χ1) is 9.21. The molecule has 2 heterocycles. The van der Waals surface area contributed by atoms with Crippen LogP contribution in [-0.2, 0) is 10.0 Å². The Morgan fingerprint density at radius 2 is 1.90 bits per heavy atom. The molecule has 10 heteroatoms. The number of nitrogens with zero attached hydrogens (tertiary/aromatic N) is 3. The van der Waals surface area contributed by atoms with Crippen molar-refractivity contribution < 1.29 is 21.6 Å². The number of piperidine rings is 1. The van der Waals surface area contributed by atoms with E-state index in [1.807, 2.05) is 0 Å². The Kier molecular flexibility index (Phi) is 4.22. The van der Waals surface area contributed by atoms with Crippen LogP contribution in [0.25, 0.3) is 0 Å². The molecule has 20 heavy (non-hydrogen) atoms. The predicted molar refractivity (Wildman–Crippen MR) is 64.6 cm³/mol. The van der Waals surface area contributed by atoms with E-state index >= 15 is 0 Å². The maximum Gasteiger partial charge on any atom is 0.393 e. The van der Waals surface area contributed by atoms with E-state index in [0.717, 1.165) is 16.7 Å². The van der Waals surface area contributed by atoms with Gasteiger partial charge in [-0.2, -0.15) is 17.5 Å². The van der Waals surface area contributed by atoms with E-state index in [1.165, 1.54) is 0 Å². The molecule has 1 unspecified atom stereocenters. The molecule has 1 aromatic rings. The SMILES string of the molecule is O=S(=O)(c1cnc(Cl)nc1)N1CCCC(C(F)(F)F)C1. The first-order valence-corrected chi connectivity index (χ1v) is 7.57. The van der Waals surface area contributed by atoms with Gasteiger partial charge in [0, 0.05) is 13.1 Å². The van der Waals surface area contributed by atoms with Crippen molar-refractivity contribution in [3.05, 3.63) is 17.7 Å². The van der Waals surface area contributed by atoms with Gasteiger partial charge in [-0.05, 0) is 24.4 Å². The molecule has 0 N–H and O–H groups in total. The third-order valence-electron chi connectivity index (χ3n) is 3.08. The zero-order valence-corrected chi connectivity index (χ0v) is 11.7. The van der Waals surface area contributed by atoms with Crippen LogP contribution < -0.4 is 0 Å². The number of alkyl halides is 3. The van der Waals surface area contributed by atoms with E-state index in [0.29, 0.717) is 0 Å². The third-order valence-corrected chi connectivity index (χ3v) is 5.09. The molecule has 0 aromatic carbocycles. The monoisotopic (exact) mass is 329 g/mol. The van der Waals surface area contributed by atoms with Gasteiger partial charge in [-0.1, -0.05) is 0 Å². The molecule has 5 nitrogen and oxygen atoms in total. The molecule has 0 spiro atoms. The van der Waals surface area contributed by atoms with Crippen molar-refractivity contribution >= 4 is 21.6 Å². The average Bonchev–Trinajstić information content (AvgIpc) is 2.38. The number of rotatable bonds is 2. The van der Waals surface area contributed by atoms with Gasteiger partial charge in [-0.25, -0.2) is 18.4 Å². The zero-order chi connectivity index (χ0) is 15.0. The van der Waals surface area contributed by atoms with E-state index in [4.69, 9.17) is 11.6 Å². The van der Waals surface area contributed by atoms with Crippen molar-refractivity contribution in [3.63, 3.8) is 0 Å². The van der Waals surface area contributed by atoms with Crippen molar-refractivity contribution in [1.82, 2.24) is 14.3 Å². The van der Waals surface area contributed by atoms with E-state index in [-0.39, 0.29) is 29.6 Å². The number of halogens is 4. The lowest BCUT2D eigenvalue weighted by atomic mass is 9.99. The van der Waals surface area contributed by atoms with Crippen LogP contribution in [0.5, 0.6) is 0 Å². The summed E-state index contributed by atoms with van der Waals surface area (Å²) in [7, 11) is -4.02. The molecule has 1 atom stereocenters. The smallest absolute Gasteiger partial charge is 0.225 e. The van der Waals surface area contributed by atoms with Gasteiger partial charge in [-0.3, -0.25) is 0 Å². The highest BCUT2D eigenvalue weighted by atomic mass is 35.5. The fraction of sp³-hybridized carbons (Fsp3) is 0.600. The molecule has 0 radical (unpaired) electrons. The topological polar surface area (TPSA) is 63.2 Å². The van der Waals surface area contributed by atoms with Crippen LogP contribution in [0, 0.1) is 5.92 Å². The minimum Gasteiger partial charge on any atom is -0.225 e. The fourth-order valence-corrected chi connectivity index (χ4v) is 3.52. The van der Waals surface area contributed by atoms with Gasteiger partial charge in [0.05, 0.1) is 18.3 Å². The van der Waals surface area contributed by atoms with Crippen LogP contribution in [0.15, 0.2) is 17.3 Å². The second-order valence-electron chi connectivity index (χ2n) is 4.43. The van der Waals surface area contributed by atoms with Crippen LogP contribution in [0.4, 0.5) is 13.2 Å². The third kappa shape index (κ3) is 3.21. The van der Waals surface area contributed by atoms with Crippen LogP contribution in [-0.4, -0.2) is 42.0 Å². The van der Waals surface area contributed by atoms with Crippen molar-refractivity contribution in [3.8, 4) is 0 Å². The van der Waals surface area contributed by atoms with Crippen molar-refractivity contribution in [2.24, 2.45) is 5.92 Å². The summed E-state index contributed by atoms with van der Waals surface area (Å²) in [6.07, 6.45) is -2.32. The quantitative estimate of drug-likeness (QED) is 0.779. The standard InChI is InChI=1S/C10H11ClF3N3O2S/c11-9-15-4-8(5-16-9)20(18,19)17-3-1-2-7(6-17)10(12,13)14/h4-5,7H,1-3,6H2. The minimum atomic E-state index is -4.40. The van der Waals surface area contributed by atoms with Crippen LogP contribution in [0.3, 0.4) is 0 Å². The Morgan fingerprint density at radius 3 is 2.45 bits per heavy atom. The summed E-state index contributed by atoms with van der Waals surface area (Å²) < 4.78 is 63.3. The maximum absolute atomic E-state index is 12.7. The number of sulfonamides is 1. The highest BCUT2D eigenvalue weighted by molar-refractivity contribution is 7.89. The lowest BCUT2D eigenvalue weighted by molar-refractivity contribution is -0.182. The number of hydrogen-bond donors (Lipinski definition) is 0. The predicted octanol–water partition coefficient (Wildman–Crippen LogP) is 2.09. The lowest BCUT2D eigenvalue weighted by Gasteiger charge is -2.32. The molecule has 0 saturated carbocycles. The molecular weight excluding hydrogens is 319 g/mol. The lowest BCUT2D eigenvalue weighted by Crippen LogP contribution is -2.44. The molecule has 1 aliphatic heterocycles. The second-order valence-corrected chi connectivity index (χ2v) is 6.71. The molecule has 1 fully saturated rings. The van der Waals surface area contributed by atoms with E-state index in [9.17, 15) is 21.6 Å². The average molecular weight is 330 g/mol. The van der Waals surface area contributed by atoms with Crippen molar-refractivity contribution in [1.29, 1.82) is 0 Å². The summed E-state index contributed by atoms with van der Waals surface area (Å²) >= 11 is 5.45. The molecule has 0 aliphatic carbocycles. The Morgan fingerprint density at radius 1 is 1.30 bits per heavy atom. The fourth-order valence-electron chi connectivity index (χ4n) is 2.01. The van der Waals surface area contributed by atoms with Crippen molar-refractivity contribution in [2.75, 3.05) is 13.1 Å². The van der Waals surface area contributed by atoms with E-state index in [2.05, 4.69) is 9.97 Å². The Bertz CT molecular complexity index is 576. The maximum atomic E-state index is 12.7. The van der Waals surface area contributed by atoms with Crippen LogP contribution in [0.2, 0.25) is 5.28 Å². The summed E-state index contributed by atoms with van der Waals surface area (Å²) in [5, 5.41) is -0.129. The molecule has 1 aromatic heterocycles. The minimum absolute atomic E-state index is 0.0531. The summed E-state index contributed by atoms with van der Waals surface area (Å²) in [5.74, 6) is -1.64. The normalized spacial score (nSPS) is 21.9. The number of aromatic nitrogens is 2. The first-order valence-electron chi connectivity index (χ1n) is 5.75. The largest absolute Gasteiger partial charge is 0.393 e. The van der Waals surface area contributed by atoms with Gasteiger partial charge in [0.25, 0.3) is 0 Å². The molecule has 2 rings (SSSR count). The van der Waals surface area contributed by atoms with Crippen LogP contribution in [0.1, 0.15) is 12.8 Å². The molecular formula is C10H11ClF3N3O2S.